The van der Waals surface area contributed by atoms with Crippen molar-refractivity contribution in [2.24, 2.45) is 5.92 Å². The predicted molar refractivity (Wildman–Crippen MR) is 64.4 cm³/mol. The maximum atomic E-state index is 11.5. The van der Waals surface area contributed by atoms with Gasteiger partial charge < -0.3 is 5.32 Å². The highest BCUT2D eigenvalue weighted by Gasteiger charge is 2.14. The molecule has 0 radical (unpaired) electrons. The topological polar surface area (TPSA) is 58.2 Å². The molecule has 0 amide bonds. The van der Waals surface area contributed by atoms with E-state index in [2.05, 4.69) is 23.9 Å². The maximum Gasteiger partial charge on any atom is 0.213 e. The molecule has 0 aliphatic carbocycles. The Labute approximate surface area is 93.9 Å². The Morgan fingerprint density at radius 1 is 1.20 bits per heavy atom. The largest absolute Gasteiger partial charge is 0.316 e. The third-order valence-corrected chi connectivity index (χ3v) is 3.51. The first-order chi connectivity index (χ1) is 6.87. The quantitative estimate of drug-likeness (QED) is 0.617. The second kappa shape index (κ2) is 7.19. The van der Waals surface area contributed by atoms with Crippen molar-refractivity contribution in [3.05, 3.63) is 0 Å². The van der Waals surface area contributed by atoms with Crippen LogP contribution in [0.5, 0.6) is 0 Å². The zero-order chi connectivity index (χ0) is 11.9. The number of nitrogens with one attached hydrogen (secondary N) is 2. The first-order valence-electron chi connectivity index (χ1n) is 5.58. The normalized spacial score (nSPS) is 14.5. The van der Waals surface area contributed by atoms with Crippen LogP contribution in [-0.2, 0) is 10.0 Å². The molecule has 1 atom stereocenters. The SMILES string of the molecule is CCNCCS(=O)(=O)NC(C)CC(C)C. The summed E-state index contributed by atoms with van der Waals surface area (Å²) >= 11 is 0. The Kier molecular flexibility index (Phi) is 7.13. The van der Waals surface area contributed by atoms with Crippen LogP contribution < -0.4 is 10.0 Å². The molecule has 4 nitrogen and oxygen atoms in total. The van der Waals surface area contributed by atoms with Gasteiger partial charge >= 0.3 is 0 Å². The fraction of sp³-hybridized carbons (Fsp3) is 1.00. The lowest BCUT2D eigenvalue weighted by molar-refractivity contribution is 0.482. The molecule has 1 unspecified atom stereocenters. The molecule has 0 saturated carbocycles. The van der Waals surface area contributed by atoms with Crippen molar-refractivity contribution in [2.75, 3.05) is 18.8 Å². The van der Waals surface area contributed by atoms with E-state index in [4.69, 9.17) is 0 Å². The highest BCUT2D eigenvalue weighted by Crippen LogP contribution is 2.04. The standard InChI is InChI=1S/C10H24N2O2S/c1-5-11-6-7-15(13,14)12-10(4)8-9(2)3/h9-12H,5-8H2,1-4H3. The predicted octanol–water partition coefficient (Wildman–Crippen LogP) is 0.950. The Hall–Kier alpha value is -0.130. The summed E-state index contributed by atoms with van der Waals surface area (Å²) < 4.78 is 25.8. The summed E-state index contributed by atoms with van der Waals surface area (Å²) in [4.78, 5) is 0. The van der Waals surface area contributed by atoms with Gasteiger partial charge in [-0.2, -0.15) is 0 Å². The van der Waals surface area contributed by atoms with Crippen molar-refractivity contribution in [3.8, 4) is 0 Å². The molecule has 2 N–H and O–H groups in total. The molecule has 0 aromatic heterocycles. The third-order valence-electron chi connectivity index (χ3n) is 2.00. The maximum absolute atomic E-state index is 11.5. The molecule has 0 saturated heterocycles. The summed E-state index contributed by atoms with van der Waals surface area (Å²) in [6.45, 7) is 9.36. The van der Waals surface area contributed by atoms with Crippen molar-refractivity contribution in [1.29, 1.82) is 0 Å². The Bertz CT molecular complexity index is 250. The van der Waals surface area contributed by atoms with Gasteiger partial charge in [-0.05, 0) is 25.8 Å². The smallest absolute Gasteiger partial charge is 0.213 e. The molecule has 0 rings (SSSR count). The summed E-state index contributed by atoms with van der Waals surface area (Å²) in [5.41, 5.74) is 0. The Morgan fingerprint density at radius 2 is 1.80 bits per heavy atom. The minimum Gasteiger partial charge on any atom is -0.316 e. The molecule has 0 aliphatic rings. The zero-order valence-corrected chi connectivity index (χ0v) is 11.0. The molecule has 0 heterocycles. The molecular formula is C10H24N2O2S. The number of rotatable bonds is 8. The molecular weight excluding hydrogens is 212 g/mol. The third kappa shape index (κ3) is 8.84. The van der Waals surface area contributed by atoms with Gasteiger partial charge in [-0.15, -0.1) is 0 Å². The summed E-state index contributed by atoms with van der Waals surface area (Å²) in [6, 6.07) is 0.0247. The van der Waals surface area contributed by atoms with Gasteiger partial charge in [0.25, 0.3) is 0 Å². The van der Waals surface area contributed by atoms with Gasteiger partial charge in [-0.1, -0.05) is 20.8 Å². The lowest BCUT2D eigenvalue weighted by atomic mass is 10.1. The average molecular weight is 236 g/mol. The first-order valence-corrected chi connectivity index (χ1v) is 7.23. The van der Waals surface area contributed by atoms with Crippen molar-refractivity contribution in [1.82, 2.24) is 10.0 Å². The highest BCUT2D eigenvalue weighted by molar-refractivity contribution is 7.89. The van der Waals surface area contributed by atoms with E-state index in [1.807, 2.05) is 13.8 Å². The van der Waals surface area contributed by atoms with E-state index in [9.17, 15) is 8.42 Å². The van der Waals surface area contributed by atoms with Gasteiger partial charge in [-0.3, -0.25) is 0 Å². The van der Waals surface area contributed by atoms with Crippen LogP contribution in [0.2, 0.25) is 0 Å². The molecule has 5 heteroatoms. The highest BCUT2D eigenvalue weighted by atomic mass is 32.2. The molecule has 0 aliphatic heterocycles. The van der Waals surface area contributed by atoms with E-state index in [0.717, 1.165) is 13.0 Å². The van der Waals surface area contributed by atoms with E-state index in [1.54, 1.807) is 0 Å². The van der Waals surface area contributed by atoms with Gasteiger partial charge in [0.05, 0.1) is 5.75 Å². The van der Waals surface area contributed by atoms with Crippen LogP contribution in [0, 0.1) is 5.92 Å². The Morgan fingerprint density at radius 3 is 2.27 bits per heavy atom. The minimum atomic E-state index is -3.11. The van der Waals surface area contributed by atoms with E-state index in [0.29, 0.717) is 12.5 Å². The number of sulfonamides is 1. The fourth-order valence-corrected chi connectivity index (χ4v) is 2.74. The van der Waals surface area contributed by atoms with Crippen molar-refractivity contribution >= 4 is 10.0 Å². The van der Waals surface area contributed by atoms with Crippen LogP contribution in [0.4, 0.5) is 0 Å². The van der Waals surface area contributed by atoms with E-state index in [1.165, 1.54) is 0 Å². The lowest BCUT2D eigenvalue weighted by Gasteiger charge is -2.16. The second-order valence-corrected chi connectivity index (χ2v) is 6.19. The van der Waals surface area contributed by atoms with Crippen LogP contribution in [0.25, 0.3) is 0 Å². The fourth-order valence-electron chi connectivity index (χ4n) is 1.50. The van der Waals surface area contributed by atoms with E-state index < -0.39 is 10.0 Å². The molecule has 92 valence electrons. The summed E-state index contributed by atoms with van der Waals surface area (Å²) in [6.07, 6.45) is 0.875. The Balaban J connectivity index is 3.91. The second-order valence-electron chi connectivity index (χ2n) is 4.32. The molecule has 0 bridgehead atoms. The summed E-state index contributed by atoms with van der Waals surface area (Å²) in [5, 5.41) is 3.00. The molecule has 0 aromatic carbocycles. The van der Waals surface area contributed by atoms with Crippen LogP contribution in [0.1, 0.15) is 34.1 Å². The summed E-state index contributed by atoms with van der Waals surface area (Å²) in [7, 11) is -3.11. The van der Waals surface area contributed by atoms with Crippen LogP contribution >= 0.6 is 0 Å². The van der Waals surface area contributed by atoms with Crippen LogP contribution in [-0.4, -0.2) is 33.3 Å². The van der Waals surface area contributed by atoms with Crippen LogP contribution in [0.15, 0.2) is 0 Å². The molecule has 0 aromatic rings. The average Bonchev–Trinajstić information content (AvgIpc) is 2.00. The van der Waals surface area contributed by atoms with E-state index in [-0.39, 0.29) is 11.8 Å². The first kappa shape index (κ1) is 14.9. The van der Waals surface area contributed by atoms with Gasteiger partial charge in [0.15, 0.2) is 0 Å². The van der Waals surface area contributed by atoms with Crippen LogP contribution in [0.3, 0.4) is 0 Å². The number of hydrogen-bond donors (Lipinski definition) is 2. The van der Waals surface area contributed by atoms with Crippen molar-refractivity contribution < 1.29 is 8.42 Å². The molecule has 0 spiro atoms. The lowest BCUT2D eigenvalue weighted by Crippen LogP contribution is -2.37. The van der Waals surface area contributed by atoms with E-state index >= 15 is 0 Å². The van der Waals surface area contributed by atoms with Crippen molar-refractivity contribution in [2.45, 2.75) is 40.2 Å². The molecule has 0 fully saturated rings. The zero-order valence-electron chi connectivity index (χ0n) is 10.2. The number of hydrogen-bond acceptors (Lipinski definition) is 3. The molecule has 15 heavy (non-hydrogen) atoms. The van der Waals surface area contributed by atoms with Gasteiger partial charge in [-0.25, -0.2) is 13.1 Å². The summed E-state index contributed by atoms with van der Waals surface area (Å²) in [5.74, 6) is 0.667. The monoisotopic (exact) mass is 236 g/mol. The minimum absolute atomic E-state index is 0.0247. The van der Waals surface area contributed by atoms with Gasteiger partial charge in [0.2, 0.25) is 10.0 Å². The van der Waals surface area contributed by atoms with Gasteiger partial charge in [0, 0.05) is 12.6 Å². The van der Waals surface area contributed by atoms with Gasteiger partial charge in [0.1, 0.15) is 0 Å². The van der Waals surface area contributed by atoms with Crippen molar-refractivity contribution in [3.63, 3.8) is 0 Å².